The van der Waals surface area contributed by atoms with Crippen LogP contribution in [0, 0.1) is 11.3 Å². The Kier molecular flexibility index (Phi) is 3.75. The zero-order valence-corrected chi connectivity index (χ0v) is 10.6. The van der Waals surface area contributed by atoms with Crippen molar-refractivity contribution >= 4 is 10.9 Å². The summed E-state index contributed by atoms with van der Waals surface area (Å²) < 4.78 is 5.57. The second kappa shape index (κ2) is 5.48. The molecule has 0 saturated heterocycles. The smallest absolute Gasteiger partial charge is 0.232 e. The predicted molar refractivity (Wildman–Crippen MR) is 70.5 cm³/mol. The van der Waals surface area contributed by atoms with Crippen molar-refractivity contribution < 1.29 is 4.74 Å². The van der Waals surface area contributed by atoms with Crippen molar-refractivity contribution in [3.05, 3.63) is 35.9 Å². The average Bonchev–Trinajstić information content (AvgIpc) is 2.37. The van der Waals surface area contributed by atoms with Gasteiger partial charge < -0.3 is 9.64 Å². The number of benzene rings is 1. The van der Waals surface area contributed by atoms with Crippen molar-refractivity contribution in [1.29, 1.82) is 5.26 Å². The van der Waals surface area contributed by atoms with Gasteiger partial charge in [0, 0.05) is 11.9 Å². The van der Waals surface area contributed by atoms with E-state index in [4.69, 9.17) is 10.00 Å². The maximum atomic E-state index is 9.11. The second-order valence-electron chi connectivity index (χ2n) is 4.30. The van der Waals surface area contributed by atoms with E-state index >= 15 is 0 Å². The molecule has 0 aliphatic rings. The molecule has 0 bridgehead atoms. The largest absolute Gasteiger partial charge is 0.475 e. The fourth-order valence-corrected chi connectivity index (χ4v) is 1.61. The van der Waals surface area contributed by atoms with Gasteiger partial charge in [0.05, 0.1) is 5.52 Å². The van der Waals surface area contributed by atoms with Gasteiger partial charge in [-0.1, -0.05) is 18.2 Å². The lowest BCUT2D eigenvalue weighted by Crippen LogP contribution is -2.20. The monoisotopic (exact) mass is 241 g/mol. The molecule has 92 valence electrons. The number of ether oxygens (including phenoxy) is 1. The molecule has 0 unspecified atom stereocenters. The first-order valence-corrected chi connectivity index (χ1v) is 5.78. The Morgan fingerprint density at radius 1 is 1.33 bits per heavy atom. The zero-order valence-electron chi connectivity index (χ0n) is 10.6. The maximum absolute atomic E-state index is 9.11. The third-order valence-corrected chi connectivity index (χ3v) is 2.59. The number of hydrogen-bond acceptors (Lipinski definition) is 4. The molecule has 0 atom stereocenters. The van der Waals surface area contributed by atoms with Gasteiger partial charge in [-0.05, 0) is 26.2 Å². The molecule has 0 amide bonds. The van der Waals surface area contributed by atoms with Gasteiger partial charge in [-0.2, -0.15) is 5.26 Å². The van der Waals surface area contributed by atoms with E-state index in [0.717, 1.165) is 17.4 Å². The van der Waals surface area contributed by atoms with E-state index in [1.165, 1.54) is 0 Å². The minimum atomic E-state index is 0.415. The van der Waals surface area contributed by atoms with Crippen molar-refractivity contribution in [2.75, 3.05) is 27.2 Å². The second-order valence-corrected chi connectivity index (χ2v) is 4.30. The SMILES string of the molecule is CN(C)CCOc1nc2ccccc2cc1C#N. The Morgan fingerprint density at radius 3 is 2.83 bits per heavy atom. The summed E-state index contributed by atoms with van der Waals surface area (Å²) in [6.45, 7) is 1.31. The van der Waals surface area contributed by atoms with Gasteiger partial charge >= 0.3 is 0 Å². The quantitative estimate of drug-likeness (QED) is 0.822. The molecule has 0 aliphatic carbocycles. The van der Waals surface area contributed by atoms with E-state index in [0.29, 0.717) is 18.1 Å². The van der Waals surface area contributed by atoms with Crippen LogP contribution in [0.2, 0.25) is 0 Å². The first-order chi connectivity index (χ1) is 8.70. The number of likely N-dealkylation sites (N-methyl/N-ethyl adjacent to an activating group) is 1. The molecule has 0 N–H and O–H groups in total. The van der Waals surface area contributed by atoms with E-state index in [9.17, 15) is 0 Å². The van der Waals surface area contributed by atoms with E-state index < -0.39 is 0 Å². The van der Waals surface area contributed by atoms with Crippen molar-refractivity contribution in [3.63, 3.8) is 0 Å². The topological polar surface area (TPSA) is 49.1 Å². The van der Waals surface area contributed by atoms with E-state index in [-0.39, 0.29) is 0 Å². The summed E-state index contributed by atoms with van der Waals surface area (Å²) in [6.07, 6.45) is 0. The number of nitriles is 1. The van der Waals surface area contributed by atoms with Crippen LogP contribution in [0.15, 0.2) is 30.3 Å². The molecule has 1 aromatic carbocycles. The fraction of sp³-hybridized carbons (Fsp3) is 0.286. The molecule has 4 heteroatoms. The van der Waals surface area contributed by atoms with Gasteiger partial charge in [0.25, 0.3) is 0 Å². The van der Waals surface area contributed by atoms with Gasteiger partial charge in [-0.25, -0.2) is 4.98 Å². The third kappa shape index (κ3) is 2.76. The molecule has 4 nitrogen and oxygen atoms in total. The number of nitrogens with zero attached hydrogens (tertiary/aromatic N) is 3. The number of rotatable bonds is 4. The molecule has 2 aromatic rings. The first-order valence-electron chi connectivity index (χ1n) is 5.78. The highest BCUT2D eigenvalue weighted by molar-refractivity contribution is 5.80. The molecule has 0 saturated carbocycles. The summed E-state index contributed by atoms with van der Waals surface area (Å²) in [5.74, 6) is 0.415. The maximum Gasteiger partial charge on any atom is 0.232 e. The normalized spacial score (nSPS) is 10.6. The molecule has 0 aliphatic heterocycles. The average molecular weight is 241 g/mol. The van der Waals surface area contributed by atoms with Crippen molar-refractivity contribution in [3.8, 4) is 11.9 Å². The van der Waals surface area contributed by atoms with Crippen molar-refractivity contribution in [2.45, 2.75) is 0 Å². The summed E-state index contributed by atoms with van der Waals surface area (Å²) in [5, 5.41) is 10.1. The zero-order chi connectivity index (χ0) is 13.0. The molecule has 2 rings (SSSR count). The lowest BCUT2D eigenvalue weighted by Gasteiger charge is -2.11. The predicted octanol–water partition coefficient (Wildman–Crippen LogP) is 2.05. The summed E-state index contributed by atoms with van der Waals surface area (Å²) in [4.78, 5) is 6.40. The third-order valence-electron chi connectivity index (χ3n) is 2.59. The molecule has 18 heavy (non-hydrogen) atoms. The van der Waals surface area contributed by atoms with Crippen LogP contribution in [0.3, 0.4) is 0 Å². The highest BCUT2D eigenvalue weighted by Gasteiger charge is 2.07. The fourth-order valence-electron chi connectivity index (χ4n) is 1.61. The van der Waals surface area contributed by atoms with Gasteiger partial charge in [0.15, 0.2) is 0 Å². The summed E-state index contributed by atoms with van der Waals surface area (Å²) in [7, 11) is 3.95. The van der Waals surface area contributed by atoms with Crippen molar-refractivity contribution in [2.24, 2.45) is 0 Å². The summed E-state index contributed by atoms with van der Waals surface area (Å²) >= 11 is 0. The van der Waals surface area contributed by atoms with E-state index in [1.54, 1.807) is 0 Å². The number of aromatic nitrogens is 1. The number of hydrogen-bond donors (Lipinski definition) is 0. The highest BCUT2D eigenvalue weighted by Crippen LogP contribution is 2.21. The Balaban J connectivity index is 2.28. The minimum Gasteiger partial charge on any atom is -0.475 e. The van der Waals surface area contributed by atoms with Gasteiger partial charge in [-0.3, -0.25) is 0 Å². The molecular formula is C14H15N3O. The molecule has 0 fully saturated rings. The van der Waals surface area contributed by atoms with Crippen LogP contribution >= 0.6 is 0 Å². The van der Waals surface area contributed by atoms with Crippen LogP contribution < -0.4 is 4.74 Å². The van der Waals surface area contributed by atoms with Crippen LogP contribution in [-0.2, 0) is 0 Å². The number of para-hydroxylation sites is 1. The van der Waals surface area contributed by atoms with Crippen LogP contribution in [0.4, 0.5) is 0 Å². The van der Waals surface area contributed by atoms with Crippen LogP contribution in [-0.4, -0.2) is 37.1 Å². The molecule has 1 heterocycles. The Hall–Kier alpha value is -2.12. The van der Waals surface area contributed by atoms with Crippen LogP contribution in [0.25, 0.3) is 10.9 Å². The Bertz CT molecular complexity index is 587. The Labute approximate surface area is 106 Å². The number of fused-ring (bicyclic) bond motifs is 1. The van der Waals surface area contributed by atoms with Crippen LogP contribution in [0.1, 0.15) is 5.56 Å². The molecule has 1 aromatic heterocycles. The molecule has 0 radical (unpaired) electrons. The highest BCUT2D eigenvalue weighted by atomic mass is 16.5. The van der Waals surface area contributed by atoms with E-state index in [2.05, 4.69) is 11.1 Å². The number of pyridine rings is 1. The summed E-state index contributed by atoms with van der Waals surface area (Å²) in [5.41, 5.74) is 1.32. The Morgan fingerprint density at radius 2 is 2.11 bits per heavy atom. The standard InChI is InChI=1S/C14H15N3O/c1-17(2)7-8-18-14-12(10-15)9-11-5-3-4-6-13(11)16-14/h3-6,9H,7-8H2,1-2H3. The molecular weight excluding hydrogens is 226 g/mol. The van der Waals surface area contributed by atoms with Gasteiger partial charge in [-0.15, -0.1) is 0 Å². The van der Waals surface area contributed by atoms with Gasteiger partial charge in [0.2, 0.25) is 5.88 Å². The molecule has 0 spiro atoms. The van der Waals surface area contributed by atoms with E-state index in [1.807, 2.05) is 49.3 Å². The lowest BCUT2D eigenvalue weighted by atomic mass is 10.1. The summed E-state index contributed by atoms with van der Waals surface area (Å²) in [6, 6.07) is 11.6. The van der Waals surface area contributed by atoms with Crippen molar-refractivity contribution in [1.82, 2.24) is 9.88 Å². The van der Waals surface area contributed by atoms with Gasteiger partial charge in [0.1, 0.15) is 18.2 Å². The minimum absolute atomic E-state index is 0.415. The first kappa shape index (κ1) is 12.3. The lowest BCUT2D eigenvalue weighted by molar-refractivity contribution is 0.254. The van der Waals surface area contributed by atoms with Crippen LogP contribution in [0.5, 0.6) is 5.88 Å².